The smallest absolute Gasteiger partial charge is 0.251 e. The molecule has 1 aliphatic heterocycles. The van der Waals surface area contributed by atoms with Gasteiger partial charge in [0.15, 0.2) is 0 Å². The van der Waals surface area contributed by atoms with Crippen LogP contribution in [0.2, 0.25) is 5.02 Å². The number of piperidine rings is 1. The third-order valence-electron chi connectivity index (χ3n) is 6.85. The van der Waals surface area contributed by atoms with Gasteiger partial charge in [-0.3, -0.25) is 4.79 Å². The van der Waals surface area contributed by atoms with Crippen molar-refractivity contribution in [1.82, 2.24) is 9.62 Å². The number of carbonyl (C=O) groups excluding carboxylic acids is 1. The van der Waals surface area contributed by atoms with Crippen molar-refractivity contribution >= 4 is 27.5 Å². The highest BCUT2D eigenvalue weighted by Crippen LogP contribution is 2.46. The van der Waals surface area contributed by atoms with Gasteiger partial charge in [-0.05, 0) is 61.4 Å². The number of sulfonamides is 1. The molecule has 1 unspecified atom stereocenters. The molecule has 1 amide bonds. The third-order valence-corrected chi connectivity index (χ3v) is 9.34. The zero-order valence-electron chi connectivity index (χ0n) is 18.0. The summed E-state index contributed by atoms with van der Waals surface area (Å²) < 4.78 is 26.8. The summed E-state index contributed by atoms with van der Waals surface area (Å²) in [6.07, 6.45) is 2.77. The Labute approximate surface area is 189 Å². The van der Waals surface area contributed by atoms with E-state index in [0.29, 0.717) is 42.9 Å². The predicted molar refractivity (Wildman–Crippen MR) is 124 cm³/mol. The molecule has 2 aliphatic rings. The van der Waals surface area contributed by atoms with Gasteiger partial charge in [-0.25, -0.2) is 12.7 Å². The van der Waals surface area contributed by atoms with E-state index in [-0.39, 0.29) is 23.1 Å². The zero-order valence-corrected chi connectivity index (χ0v) is 19.6. The number of fused-ring (bicyclic) bond motifs is 2. The lowest BCUT2D eigenvalue weighted by Gasteiger charge is -2.43. The molecule has 0 bridgehead atoms. The number of aryl methyl sites for hydroxylation is 1. The van der Waals surface area contributed by atoms with Crippen molar-refractivity contribution in [1.29, 1.82) is 0 Å². The van der Waals surface area contributed by atoms with E-state index in [9.17, 15) is 13.2 Å². The molecule has 1 atom stereocenters. The summed E-state index contributed by atoms with van der Waals surface area (Å²) in [6, 6.07) is 13.6. The van der Waals surface area contributed by atoms with Crippen LogP contribution >= 0.6 is 11.6 Å². The number of nitrogens with one attached hydrogen (secondary N) is 1. The largest absolute Gasteiger partial charge is 0.348 e. The van der Waals surface area contributed by atoms with Crippen LogP contribution in [0.5, 0.6) is 0 Å². The quantitative estimate of drug-likeness (QED) is 0.731. The van der Waals surface area contributed by atoms with E-state index in [4.69, 9.17) is 11.6 Å². The minimum Gasteiger partial charge on any atom is -0.348 e. The maximum absolute atomic E-state index is 13.1. The number of hydrogen-bond acceptors (Lipinski definition) is 3. The van der Waals surface area contributed by atoms with Crippen LogP contribution in [0.25, 0.3) is 0 Å². The van der Waals surface area contributed by atoms with Gasteiger partial charge in [0.25, 0.3) is 5.91 Å². The fourth-order valence-electron chi connectivity index (χ4n) is 5.12. The Hall–Kier alpha value is -1.89. The standard InChI is InChI=1S/C24H29ClN2O3S/c1-3-14-31(29,30)27-12-10-24(11-13-27)20-7-5-4-6-18(20)16-22(24)26-23(28)19-9-8-17(2)21(25)15-19/h4-9,15,22H,3,10-14,16H2,1-2H3,(H,26,28). The Balaban J connectivity index is 1.60. The number of hydrogen-bond donors (Lipinski definition) is 1. The summed E-state index contributed by atoms with van der Waals surface area (Å²) in [7, 11) is -3.22. The molecule has 1 N–H and O–H groups in total. The lowest BCUT2D eigenvalue weighted by Crippen LogP contribution is -2.54. The molecule has 1 heterocycles. The zero-order chi connectivity index (χ0) is 22.2. The predicted octanol–water partition coefficient (Wildman–Crippen LogP) is 4.08. The second-order valence-electron chi connectivity index (χ2n) is 8.72. The number of halogens is 1. The average molecular weight is 461 g/mol. The first-order valence-corrected chi connectivity index (χ1v) is 12.9. The summed E-state index contributed by atoms with van der Waals surface area (Å²) in [5.41, 5.74) is 3.71. The molecule has 0 aromatic heterocycles. The number of amides is 1. The van der Waals surface area contributed by atoms with Crippen molar-refractivity contribution < 1.29 is 13.2 Å². The van der Waals surface area contributed by atoms with Crippen LogP contribution in [0, 0.1) is 6.92 Å². The Morgan fingerprint density at radius 3 is 2.58 bits per heavy atom. The summed E-state index contributed by atoms with van der Waals surface area (Å²) in [6.45, 7) is 4.77. The monoisotopic (exact) mass is 460 g/mol. The Kier molecular flexibility index (Phi) is 6.16. The van der Waals surface area contributed by atoms with E-state index in [1.807, 2.05) is 32.0 Å². The highest BCUT2D eigenvalue weighted by Gasteiger charge is 2.49. The van der Waals surface area contributed by atoms with Crippen LogP contribution in [0.1, 0.15) is 53.2 Å². The Morgan fingerprint density at radius 1 is 1.19 bits per heavy atom. The van der Waals surface area contributed by atoms with Gasteiger partial charge >= 0.3 is 0 Å². The maximum atomic E-state index is 13.1. The maximum Gasteiger partial charge on any atom is 0.251 e. The molecule has 1 fully saturated rings. The van der Waals surface area contributed by atoms with Gasteiger partial charge in [0, 0.05) is 35.1 Å². The average Bonchev–Trinajstić information content (AvgIpc) is 3.03. The van der Waals surface area contributed by atoms with Gasteiger partial charge < -0.3 is 5.32 Å². The molecule has 5 nitrogen and oxygen atoms in total. The minimum atomic E-state index is -3.22. The molecule has 4 rings (SSSR count). The molecule has 0 saturated carbocycles. The number of carbonyl (C=O) groups is 1. The van der Waals surface area contributed by atoms with Crippen LogP contribution in [0.4, 0.5) is 0 Å². The van der Waals surface area contributed by atoms with Gasteiger partial charge in [-0.15, -0.1) is 0 Å². The summed E-state index contributed by atoms with van der Waals surface area (Å²) in [5.74, 6) is 0.0467. The second kappa shape index (κ2) is 8.57. The lowest BCUT2D eigenvalue weighted by molar-refractivity contribution is 0.0896. The van der Waals surface area contributed by atoms with E-state index < -0.39 is 10.0 Å². The van der Waals surface area contributed by atoms with Crippen molar-refractivity contribution in [2.45, 2.75) is 51.0 Å². The molecule has 1 spiro atoms. The second-order valence-corrected chi connectivity index (χ2v) is 11.2. The van der Waals surface area contributed by atoms with E-state index >= 15 is 0 Å². The molecule has 31 heavy (non-hydrogen) atoms. The topological polar surface area (TPSA) is 66.5 Å². The molecule has 1 saturated heterocycles. The molecule has 1 aliphatic carbocycles. The molecule has 7 heteroatoms. The van der Waals surface area contributed by atoms with E-state index in [0.717, 1.165) is 12.0 Å². The van der Waals surface area contributed by atoms with Gasteiger partial charge in [0.2, 0.25) is 10.0 Å². The Morgan fingerprint density at radius 2 is 1.90 bits per heavy atom. The summed E-state index contributed by atoms with van der Waals surface area (Å²) >= 11 is 6.23. The van der Waals surface area contributed by atoms with E-state index in [1.165, 1.54) is 11.1 Å². The molecule has 0 radical (unpaired) electrons. The normalized spacial score (nSPS) is 20.5. The minimum absolute atomic E-state index is 0.0755. The van der Waals surface area contributed by atoms with Crippen LogP contribution < -0.4 is 5.32 Å². The third kappa shape index (κ3) is 4.13. The lowest BCUT2D eigenvalue weighted by atomic mass is 9.71. The first kappa shape index (κ1) is 22.3. The van der Waals surface area contributed by atoms with Crippen molar-refractivity contribution in [3.8, 4) is 0 Å². The first-order chi connectivity index (χ1) is 14.8. The van der Waals surface area contributed by atoms with E-state index in [2.05, 4.69) is 17.4 Å². The summed E-state index contributed by atoms with van der Waals surface area (Å²) in [5, 5.41) is 3.84. The molecular weight excluding hydrogens is 432 g/mol. The number of benzene rings is 2. The van der Waals surface area contributed by atoms with Gasteiger partial charge in [0.05, 0.1) is 5.75 Å². The molecular formula is C24H29ClN2O3S. The number of rotatable bonds is 5. The van der Waals surface area contributed by atoms with Crippen LogP contribution in [0.3, 0.4) is 0 Å². The first-order valence-electron chi connectivity index (χ1n) is 10.9. The fraction of sp³-hybridized carbons (Fsp3) is 0.458. The van der Waals surface area contributed by atoms with Crippen molar-refractivity contribution in [3.63, 3.8) is 0 Å². The van der Waals surface area contributed by atoms with Crippen molar-refractivity contribution in [2.24, 2.45) is 0 Å². The molecule has 2 aromatic carbocycles. The molecule has 2 aromatic rings. The SMILES string of the molecule is CCCS(=O)(=O)N1CCC2(CC1)c1ccccc1CC2NC(=O)c1ccc(C)c(Cl)c1. The fourth-order valence-corrected chi connectivity index (χ4v) is 6.81. The van der Waals surface area contributed by atoms with Crippen LogP contribution in [0.15, 0.2) is 42.5 Å². The number of nitrogens with zero attached hydrogens (tertiary/aromatic N) is 1. The molecule has 166 valence electrons. The highest BCUT2D eigenvalue weighted by atomic mass is 35.5. The van der Waals surface area contributed by atoms with Gasteiger partial charge in [-0.1, -0.05) is 48.9 Å². The van der Waals surface area contributed by atoms with Crippen LogP contribution in [-0.2, 0) is 21.9 Å². The van der Waals surface area contributed by atoms with E-state index in [1.54, 1.807) is 16.4 Å². The highest BCUT2D eigenvalue weighted by molar-refractivity contribution is 7.89. The van der Waals surface area contributed by atoms with Gasteiger partial charge in [-0.2, -0.15) is 0 Å². The Bertz CT molecular complexity index is 1090. The van der Waals surface area contributed by atoms with Gasteiger partial charge in [0.1, 0.15) is 0 Å². The van der Waals surface area contributed by atoms with Crippen LogP contribution in [-0.4, -0.2) is 43.5 Å². The van der Waals surface area contributed by atoms with Crippen molar-refractivity contribution in [3.05, 3.63) is 69.7 Å². The van der Waals surface area contributed by atoms with Crippen molar-refractivity contribution in [2.75, 3.05) is 18.8 Å². The summed E-state index contributed by atoms with van der Waals surface area (Å²) in [4.78, 5) is 13.1.